The van der Waals surface area contributed by atoms with Gasteiger partial charge in [0.2, 0.25) is 5.75 Å². The van der Waals surface area contributed by atoms with Crippen LogP contribution in [0.5, 0.6) is 11.5 Å². The van der Waals surface area contributed by atoms with Crippen LogP contribution in [0.1, 0.15) is 0 Å². The lowest BCUT2D eigenvalue weighted by Gasteiger charge is -2.15. The Kier molecular flexibility index (Phi) is 5.85. The number of urea groups is 1. The van der Waals surface area contributed by atoms with Gasteiger partial charge < -0.3 is 25.1 Å². The number of rotatable bonds is 6. The number of nitro groups is 2. The van der Waals surface area contributed by atoms with Crippen LogP contribution in [-0.2, 0) is 0 Å². The van der Waals surface area contributed by atoms with Crippen LogP contribution in [0.15, 0.2) is 36.5 Å². The van der Waals surface area contributed by atoms with Crippen LogP contribution in [0.4, 0.5) is 22.0 Å². The number of aromatic nitrogens is 1. The second-order valence-electron chi connectivity index (χ2n) is 5.14. The molecule has 0 radical (unpaired) electrons. The number of terminal acetylenes is 1. The summed E-state index contributed by atoms with van der Waals surface area (Å²) in [5.74, 6) is 1.63. The summed E-state index contributed by atoms with van der Waals surface area (Å²) in [5, 5.41) is 24.4. The zero-order chi connectivity index (χ0) is 20.0. The number of pyridine rings is 1. The highest BCUT2D eigenvalue weighted by molar-refractivity contribution is 5.89. The molecule has 1 aromatic carbocycles. The highest BCUT2D eigenvalue weighted by Crippen LogP contribution is 2.33. The number of nitrogens with one attached hydrogen (secondary N) is 1. The molecule has 138 valence electrons. The third-order valence-electron chi connectivity index (χ3n) is 3.22. The number of hydrogen-bond acceptors (Lipinski definition) is 7. The fourth-order valence-electron chi connectivity index (χ4n) is 1.90. The van der Waals surface area contributed by atoms with E-state index in [1.165, 1.54) is 36.2 Å². The lowest BCUT2D eigenvalue weighted by atomic mass is 10.3. The van der Waals surface area contributed by atoms with Gasteiger partial charge in [0.15, 0.2) is 6.20 Å². The number of anilines is 1. The van der Waals surface area contributed by atoms with Gasteiger partial charge >= 0.3 is 17.5 Å². The molecule has 1 aromatic heterocycles. The van der Waals surface area contributed by atoms with Crippen molar-refractivity contribution in [3.8, 4) is 23.8 Å². The average Bonchev–Trinajstić information content (AvgIpc) is 2.63. The van der Waals surface area contributed by atoms with Gasteiger partial charge in [-0.3, -0.25) is 10.1 Å². The lowest BCUT2D eigenvalue weighted by molar-refractivity contribution is -0.397. The van der Waals surface area contributed by atoms with E-state index in [2.05, 4.69) is 16.2 Å². The van der Waals surface area contributed by atoms with Crippen molar-refractivity contribution in [2.75, 3.05) is 18.9 Å². The molecule has 2 amide bonds. The highest BCUT2D eigenvalue weighted by atomic mass is 16.6. The quantitative estimate of drug-likeness (QED) is 0.467. The molecule has 0 aliphatic carbocycles. The normalized spacial score (nSPS) is 9.78. The molecular weight excluding hydrogens is 358 g/mol. The predicted octanol–water partition coefficient (Wildman–Crippen LogP) is 2.79. The molecule has 0 atom stereocenters. The monoisotopic (exact) mass is 371 g/mol. The summed E-state index contributed by atoms with van der Waals surface area (Å²) >= 11 is 0. The molecule has 0 aliphatic heterocycles. The molecule has 1 N–H and O–H groups in total. The van der Waals surface area contributed by atoms with Crippen LogP contribution in [0, 0.1) is 32.6 Å². The standard InChI is InChI=1S/C16H13N5O6/c1-3-8-19(2)16(22)18-11-4-6-12(7-5-11)27-14-10-17-15(21(25)26)9-13(14)20(23)24/h1,4-7,9-10H,8H2,2H3,(H,18,22). The van der Waals surface area contributed by atoms with E-state index in [1.54, 1.807) is 0 Å². The van der Waals surface area contributed by atoms with E-state index in [9.17, 15) is 25.0 Å². The van der Waals surface area contributed by atoms with E-state index >= 15 is 0 Å². The first kappa shape index (κ1) is 19.1. The maximum absolute atomic E-state index is 11.8. The Morgan fingerprint density at radius 3 is 2.52 bits per heavy atom. The van der Waals surface area contributed by atoms with E-state index in [4.69, 9.17) is 11.2 Å². The van der Waals surface area contributed by atoms with Gasteiger partial charge in [0, 0.05) is 12.7 Å². The number of carbonyl (C=O) groups is 1. The Balaban J connectivity index is 2.15. The maximum Gasteiger partial charge on any atom is 0.370 e. The molecule has 0 unspecified atom stereocenters. The van der Waals surface area contributed by atoms with Crippen molar-refractivity contribution in [2.45, 2.75) is 0 Å². The Morgan fingerprint density at radius 1 is 1.30 bits per heavy atom. The molecule has 0 aliphatic rings. The van der Waals surface area contributed by atoms with Crippen LogP contribution in [-0.4, -0.2) is 39.4 Å². The number of hydrogen-bond donors (Lipinski definition) is 1. The highest BCUT2D eigenvalue weighted by Gasteiger charge is 2.23. The maximum atomic E-state index is 11.8. The van der Waals surface area contributed by atoms with Gasteiger partial charge in [-0.2, -0.15) is 0 Å². The number of carbonyl (C=O) groups excluding carboxylic acids is 1. The second-order valence-corrected chi connectivity index (χ2v) is 5.14. The third kappa shape index (κ3) is 4.89. The van der Waals surface area contributed by atoms with E-state index in [0.717, 1.165) is 6.20 Å². The molecular formula is C16H13N5O6. The van der Waals surface area contributed by atoms with Crippen LogP contribution in [0.3, 0.4) is 0 Å². The van der Waals surface area contributed by atoms with E-state index in [0.29, 0.717) is 11.8 Å². The first-order valence-electron chi connectivity index (χ1n) is 7.34. The third-order valence-corrected chi connectivity index (χ3v) is 3.22. The summed E-state index contributed by atoms with van der Waals surface area (Å²) in [6.07, 6.45) is 6.04. The van der Waals surface area contributed by atoms with Crippen LogP contribution in [0.25, 0.3) is 0 Å². The smallest absolute Gasteiger partial charge is 0.370 e. The van der Waals surface area contributed by atoms with Crippen LogP contribution >= 0.6 is 0 Å². The van der Waals surface area contributed by atoms with Crippen LogP contribution in [0.2, 0.25) is 0 Å². The average molecular weight is 371 g/mol. The van der Waals surface area contributed by atoms with Gasteiger partial charge in [-0.1, -0.05) is 5.92 Å². The van der Waals surface area contributed by atoms with Gasteiger partial charge in [0.1, 0.15) is 11.8 Å². The minimum absolute atomic E-state index is 0.143. The summed E-state index contributed by atoms with van der Waals surface area (Å²) < 4.78 is 5.38. The molecule has 0 saturated heterocycles. The fourth-order valence-corrected chi connectivity index (χ4v) is 1.90. The minimum Gasteiger partial charge on any atom is -0.446 e. The van der Waals surface area contributed by atoms with Crippen molar-refractivity contribution in [1.82, 2.24) is 9.88 Å². The minimum atomic E-state index is -0.842. The largest absolute Gasteiger partial charge is 0.446 e. The Hall–Kier alpha value is -4.20. The number of nitrogens with zero attached hydrogens (tertiary/aromatic N) is 4. The summed E-state index contributed by atoms with van der Waals surface area (Å²) in [6.45, 7) is 0.143. The van der Waals surface area contributed by atoms with Gasteiger partial charge in [0.05, 0.1) is 11.5 Å². The SMILES string of the molecule is C#CCN(C)C(=O)Nc1ccc(Oc2cnc([N+](=O)[O-])cc2[N+](=O)[O-])cc1. The Labute approximate surface area is 152 Å². The van der Waals surface area contributed by atoms with Crippen molar-refractivity contribution in [3.63, 3.8) is 0 Å². The van der Waals surface area contributed by atoms with Gasteiger partial charge in [-0.05, 0) is 34.2 Å². The second kappa shape index (κ2) is 8.26. The molecule has 0 saturated carbocycles. The van der Waals surface area contributed by atoms with E-state index < -0.39 is 27.4 Å². The van der Waals surface area contributed by atoms with Crippen LogP contribution < -0.4 is 10.1 Å². The Morgan fingerprint density at radius 2 is 1.96 bits per heavy atom. The van der Waals surface area contributed by atoms with Crippen molar-refractivity contribution >= 4 is 23.2 Å². The topological polar surface area (TPSA) is 141 Å². The summed E-state index contributed by atoms with van der Waals surface area (Å²) in [6, 6.07) is 6.26. The van der Waals surface area contributed by atoms with Crippen molar-refractivity contribution in [1.29, 1.82) is 0 Å². The molecule has 27 heavy (non-hydrogen) atoms. The van der Waals surface area contributed by atoms with Crippen molar-refractivity contribution < 1.29 is 19.4 Å². The molecule has 0 spiro atoms. The molecule has 2 rings (SSSR count). The van der Waals surface area contributed by atoms with Crippen molar-refractivity contribution in [3.05, 3.63) is 56.8 Å². The first-order valence-corrected chi connectivity index (χ1v) is 7.34. The van der Waals surface area contributed by atoms with Gasteiger partial charge in [0.25, 0.3) is 0 Å². The van der Waals surface area contributed by atoms with E-state index in [1.807, 2.05) is 0 Å². The predicted molar refractivity (Wildman–Crippen MR) is 94.5 cm³/mol. The Bertz CT molecular complexity index is 922. The molecule has 11 nitrogen and oxygen atoms in total. The van der Waals surface area contributed by atoms with Crippen molar-refractivity contribution in [2.24, 2.45) is 0 Å². The summed E-state index contributed by atoms with van der Waals surface area (Å²) in [5.41, 5.74) is -0.141. The lowest BCUT2D eigenvalue weighted by Crippen LogP contribution is -2.31. The first-order chi connectivity index (χ1) is 12.8. The molecule has 0 fully saturated rings. The zero-order valence-corrected chi connectivity index (χ0v) is 14.0. The summed E-state index contributed by atoms with van der Waals surface area (Å²) in [4.78, 5) is 36.8. The van der Waals surface area contributed by atoms with Gasteiger partial charge in [-0.15, -0.1) is 6.42 Å². The molecule has 2 aromatic rings. The fraction of sp³-hybridized carbons (Fsp3) is 0.125. The van der Waals surface area contributed by atoms with Gasteiger partial charge in [-0.25, -0.2) is 4.79 Å². The zero-order valence-electron chi connectivity index (χ0n) is 14.0. The number of benzene rings is 1. The molecule has 11 heteroatoms. The molecule has 1 heterocycles. The van der Waals surface area contributed by atoms with E-state index in [-0.39, 0.29) is 18.0 Å². The summed E-state index contributed by atoms with van der Waals surface area (Å²) in [7, 11) is 1.54. The molecule has 0 bridgehead atoms. The number of ether oxygens (including phenoxy) is 1. The number of amides is 2.